The molecule has 9 heteroatoms. The zero-order chi connectivity index (χ0) is 18.4. The highest BCUT2D eigenvalue weighted by Gasteiger charge is 2.39. The summed E-state index contributed by atoms with van der Waals surface area (Å²) in [5.74, 6) is -1.46. The van der Waals surface area contributed by atoms with Gasteiger partial charge in [0.05, 0.1) is 35.7 Å². The highest BCUT2D eigenvalue weighted by atomic mass is 19.4. The van der Waals surface area contributed by atoms with Gasteiger partial charge in [0.25, 0.3) is 5.91 Å². The summed E-state index contributed by atoms with van der Waals surface area (Å²) in [4.78, 5) is 29.7. The fraction of sp³-hybridized carbons (Fsp3) is 0.312. The summed E-state index contributed by atoms with van der Waals surface area (Å²) >= 11 is 0. The Hall–Kier alpha value is -2.84. The van der Waals surface area contributed by atoms with Gasteiger partial charge in [0.1, 0.15) is 6.33 Å². The normalized spacial score (nSPS) is 14.0. The Kier molecular flexibility index (Phi) is 4.02. The average Bonchev–Trinajstić information content (AvgIpc) is 2.92. The van der Waals surface area contributed by atoms with Crippen molar-refractivity contribution in [2.75, 3.05) is 13.7 Å². The molecule has 0 saturated heterocycles. The standard InChI is InChI=1S/C16H14F3N3O3/c1-3-25-15(24)13-11-7-21(2)14(23)12-9(16(17,18)19)5-4-6-10(12)22(11)8-20-13/h4-6,8H,3,7H2,1-2H3. The summed E-state index contributed by atoms with van der Waals surface area (Å²) in [7, 11) is 1.37. The Bertz CT molecular complexity index is 858. The summed E-state index contributed by atoms with van der Waals surface area (Å²) in [5.41, 5.74) is -1.19. The molecule has 1 aromatic carbocycles. The van der Waals surface area contributed by atoms with E-state index in [-0.39, 0.29) is 24.5 Å². The summed E-state index contributed by atoms with van der Waals surface area (Å²) in [6.07, 6.45) is -3.45. The molecule has 0 atom stereocenters. The van der Waals surface area contributed by atoms with Crippen LogP contribution in [0.4, 0.5) is 13.2 Å². The van der Waals surface area contributed by atoms with Crippen LogP contribution < -0.4 is 0 Å². The van der Waals surface area contributed by atoms with Crippen LogP contribution in [0, 0.1) is 0 Å². The molecule has 0 aliphatic carbocycles. The second kappa shape index (κ2) is 5.91. The van der Waals surface area contributed by atoms with Crippen molar-refractivity contribution < 1.29 is 27.5 Å². The first-order valence-electron chi connectivity index (χ1n) is 7.45. The van der Waals surface area contributed by atoms with Gasteiger partial charge in [-0.25, -0.2) is 9.78 Å². The predicted octanol–water partition coefficient (Wildman–Crippen LogP) is 2.65. The number of imidazole rings is 1. The molecule has 2 aromatic rings. The molecule has 132 valence electrons. The van der Waals surface area contributed by atoms with Gasteiger partial charge in [-0.1, -0.05) is 6.07 Å². The Morgan fingerprint density at radius 3 is 2.72 bits per heavy atom. The lowest BCUT2D eigenvalue weighted by atomic mass is 10.0. The van der Waals surface area contributed by atoms with Crippen LogP contribution in [0.5, 0.6) is 0 Å². The van der Waals surface area contributed by atoms with Gasteiger partial charge in [0, 0.05) is 7.05 Å². The van der Waals surface area contributed by atoms with E-state index in [1.165, 1.54) is 30.1 Å². The van der Waals surface area contributed by atoms with Gasteiger partial charge in [-0.2, -0.15) is 13.2 Å². The van der Waals surface area contributed by atoms with Gasteiger partial charge < -0.3 is 9.64 Å². The largest absolute Gasteiger partial charge is 0.461 e. The van der Waals surface area contributed by atoms with Crippen LogP contribution in [-0.2, 0) is 17.5 Å². The Morgan fingerprint density at radius 1 is 1.36 bits per heavy atom. The molecule has 0 N–H and O–H groups in total. The summed E-state index contributed by atoms with van der Waals surface area (Å²) < 4.78 is 46.3. The van der Waals surface area contributed by atoms with E-state index in [9.17, 15) is 22.8 Å². The number of halogens is 3. The minimum atomic E-state index is -4.68. The molecular formula is C16H14F3N3O3. The maximum atomic E-state index is 13.3. The molecule has 0 unspecified atom stereocenters. The van der Waals surface area contributed by atoms with Crippen molar-refractivity contribution in [3.63, 3.8) is 0 Å². The number of aromatic nitrogens is 2. The lowest BCUT2D eigenvalue weighted by molar-refractivity contribution is -0.138. The molecule has 0 spiro atoms. The number of amides is 1. The number of fused-ring (bicyclic) bond motifs is 3. The van der Waals surface area contributed by atoms with Crippen molar-refractivity contribution in [2.45, 2.75) is 19.6 Å². The van der Waals surface area contributed by atoms with E-state index in [1.54, 1.807) is 6.92 Å². The quantitative estimate of drug-likeness (QED) is 0.779. The zero-order valence-electron chi connectivity index (χ0n) is 13.4. The van der Waals surface area contributed by atoms with E-state index in [2.05, 4.69) is 4.98 Å². The van der Waals surface area contributed by atoms with E-state index < -0.39 is 29.2 Å². The lowest BCUT2D eigenvalue weighted by Gasteiger charge is -2.18. The van der Waals surface area contributed by atoms with Gasteiger partial charge in [0.2, 0.25) is 0 Å². The Morgan fingerprint density at radius 2 is 2.08 bits per heavy atom. The number of hydrogen-bond acceptors (Lipinski definition) is 4. The number of benzene rings is 1. The zero-order valence-corrected chi connectivity index (χ0v) is 13.4. The molecule has 2 heterocycles. The maximum Gasteiger partial charge on any atom is 0.417 e. The van der Waals surface area contributed by atoms with E-state index >= 15 is 0 Å². The van der Waals surface area contributed by atoms with Crippen LogP contribution in [0.25, 0.3) is 5.69 Å². The van der Waals surface area contributed by atoms with Gasteiger partial charge in [-0.15, -0.1) is 0 Å². The van der Waals surface area contributed by atoms with Gasteiger partial charge >= 0.3 is 12.1 Å². The number of alkyl halides is 3. The monoisotopic (exact) mass is 353 g/mol. The SMILES string of the molecule is CCOC(=O)c1ncn2c1CN(C)C(=O)c1c-2cccc1C(F)(F)F. The first kappa shape index (κ1) is 17.0. The van der Waals surface area contributed by atoms with Gasteiger partial charge in [-0.05, 0) is 19.1 Å². The van der Waals surface area contributed by atoms with Crippen LogP contribution in [0.15, 0.2) is 24.5 Å². The average molecular weight is 353 g/mol. The molecule has 1 amide bonds. The van der Waals surface area contributed by atoms with E-state index in [1.807, 2.05) is 0 Å². The molecule has 3 rings (SSSR count). The topological polar surface area (TPSA) is 64.4 Å². The van der Waals surface area contributed by atoms with Crippen LogP contribution in [-0.4, -0.2) is 40.0 Å². The number of esters is 1. The third kappa shape index (κ3) is 2.75. The van der Waals surface area contributed by atoms with Gasteiger partial charge in [-0.3, -0.25) is 9.36 Å². The van der Waals surface area contributed by atoms with Crippen molar-refractivity contribution in [1.29, 1.82) is 0 Å². The van der Waals surface area contributed by atoms with Gasteiger partial charge in [0.15, 0.2) is 5.69 Å². The molecule has 1 aliphatic rings. The Balaban J connectivity index is 2.27. The Labute approximate surface area is 140 Å². The molecule has 25 heavy (non-hydrogen) atoms. The second-order valence-electron chi connectivity index (χ2n) is 5.49. The highest BCUT2D eigenvalue weighted by Crippen LogP contribution is 2.37. The minimum absolute atomic E-state index is 0.0215. The second-order valence-corrected chi connectivity index (χ2v) is 5.49. The molecule has 0 radical (unpaired) electrons. The minimum Gasteiger partial charge on any atom is -0.461 e. The number of ether oxygens (including phenoxy) is 1. The van der Waals surface area contributed by atoms with Crippen LogP contribution in [0.3, 0.4) is 0 Å². The molecule has 0 saturated carbocycles. The van der Waals surface area contributed by atoms with E-state index in [0.29, 0.717) is 5.69 Å². The number of rotatable bonds is 2. The molecule has 0 fully saturated rings. The summed E-state index contributed by atoms with van der Waals surface area (Å²) in [6, 6.07) is 3.47. The fourth-order valence-corrected chi connectivity index (χ4v) is 2.79. The summed E-state index contributed by atoms with van der Waals surface area (Å²) in [6.45, 7) is 1.70. The molecular weight excluding hydrogens is 339 g/mol. The maximum absolute atomic E-state index is 13.3. The lowest BCUT2D eigenvalue weighted by Crippen LogP contribution is -2.28. The number of hydrogen-bond donors (Lipinski definition) is 0. The highest BCUT2D eigenvalue weighted by molar-refractivity contribution is 6.00. The van der Waals surface area contributed by atoms with E-state index in [0.717, 1.165) is 11.0 Å². The van der Waals surface area contributed by atoms with Crippen molar-refractivity contribution in [2.24, 2.45) is 0 Å². The first-order chi connectivity index (χ1) is 11.8. The molecule has 1 aliphatic heterocycles. The fourth-order valence-electron chi connectivity index (χ4n) is 2.79. The first-order valence-corrected chi connectivity index (χ1v) is 7.45. The molecule has 1 aromatic heterocycles. The van der Waals surface area contributed by atoms with Crippen LogP contribution in [0.2, 0.25) is 0 Å². The third-order valence-electron chi connectivity index (χ3n) is 3.89. The van der Waals surface area contributed by atoms with Crippen molar-refractivity contribution in [1.82, 2.24) is 14.5 Å². The number of carbonyl (C=O) groups is 2. The number of carbonyl (C=O) groups excluding carboxylic acids is 2. The van der Waals surface area contributed by atoms with Crippen LogP contribution in [0.1, 0.15) is 39.0 Å². The predicted molar refractivity (Wildman–Crippen MR) is 80.3 cm³/mol. The van der Waals surface area contributed by atoms with Crippen molar-refractivity contribution in [3.8, 4) is 5.69 Å². The summed E-state index contributed by atoms with van der Waals surface area (Å²) in [5, 5.41) is 0. The van der Waals surface area contributed by atoms with Crippen molar-refractivity contribution >= 4 is 11.9 Å². The van der Waals surface area contributed by atoms with Crippen LogP contribution >= 0.6 is 0 Å². The smallest absolute Gasteiger partial charge is 0.417 e. The molecule has 0 bridgehead atoms. The van der Waals surface area contributed by atoms with E-state index in [4.69, 9.17) is 4.74 Å². The third-order valence-corrected chi connectivity index (χ3v) is 3.89. The number of nitrogens with zero attached hydrogens (tertiary/aromatic N) is 3. The molecule has 6 nitrogen and oxygen atoms in total. The van der Waals surface area contributed by atoms with Crippen molar-refractivity contribution in [3.05, 3.63) is 47.0 Å².